The minimum absolute atomic E-state index is 0. The molecule has 9 heteroatoms. The van der Waals surface area contributed by atoms with Crippen LogP contribution < -0.4 is 10.6 Å². The molecule has 2 atom stereocenters. The Morgan fingerprint density at radius 2 is 2.08 bits per heavy atom. The van der Waals surface area contributed by atoms with E-state index in [0.29, 0.717) is 16.3 Å². The molecule has 0 aromatic carbocycles. The summed E-state index contributed by atoms with van der Waals surface area (Å²) in [6.07, 6.45) is -0.856. The molecule has 3 rings (SSSR count). The van der Waals surface area contributed by atoms with E-state index in [-0.39, 0.29) is 23.3 Å². The molecular weight excluding hydrogens is 361 g/mol. The zero-order valence-electron chi connectivity index (χ0n) is 13.2. The van der Waals surface area contributed by atoms with Crippen molar-refractivity contribution in [3.63, 3.8) is 0 Å². The number of anilines is 1. The highest BCUT2D eigenvalue weighted by Crippen LogP contribution is 2.36. The van der Waals surface area contributed by atoms with Gasteiger partial charge in [0.25, 0.3) is 0 Å². The smallest absolute Gasteiger partial charge is 0.353 e. The van der Waals surface area contributed by atoms with Crippen LogP contribution in [0.3, 0.4) is 0 Å². The molecule has 134 valence electrons. The summed E-state index contributed by atoms with van der Waals surface area (Å²) in [7, 11) is 0. The second-order valence-electron chi connectivity index (χ2n) is 5.93. The van der Waals surface area contributed by atoms with Crippen molar-refractivity contribution in [2.75, 3.05) is 11.4 Å². The lowest BCUT2D eigenvalue weighted by molar-refractivity contribution is -0.126. The van der Waals surface area contributed by atoms with Crippen LogP contribution in [0, 0.1) is 0 Å². The molecule has 0 spiro atoms. The van der Waals surface area contributed by atoms with Crippen LogP contribution in [0.2, 0.25) is 0 Å². The number of nitrogens with zero attached hydrogens (tertiary/aromatic N) is 3. The number of alkyl halides is 3. The maximum atomic E-state index is 12.6. The summed E-state index contributed by atoms with van der Waals surface area (Å²) in [5, 5.41) is 0.707. The molecule has 2 heterocycles. The molecule has 0 saturated heterocycles. The molecule has 1 aliphatic rings. The van der Waals surface area contributed by atoms with Crippen LogP contribution in [0.15, 0.2) is 12.4 Å². The van der Waals surface area contributed by atoms with Gasteiger partial charge in [-0.2, -0.15) is 13.2 Å². The highest BCUT2D eigenvalue weighted by Gasteiger charge is 2.31. The second-order valence-corrected chi connectivity index (χ2v) is 7.05. The molecule has 4 nitrogen and oxygen atoms in total. The Kier molecular flexibility index (Phi) is 5.93. The zero-order chi connectivity index (χ0) is 16.6. The van der Waals surface area contributed by atoms with E-state index in [1.54, 1.807) is 6.07 Å². The third kappa shape index (κ3) is 4.10. The van der Waals surface area contributed by atoms with Gasteiger partial charge >= 0.3 is 6.18 Å². The minimum atomic E-state index is -4.21. The van der Waals surface area contributed by atoms with Gasteiger partial charge in [-0.1, -0.05) is 0 Å². The Bertz CT molecular complexity index is 691. The lowest BCUT2D eigenvalue weighted by atomic mass is 10.2. The largest absolute Gasteiger partial charge is 0.393 e. The first-order valence-electron chi connectivity index (χ1n) is 7.69. The van der Waals surface area contributed by atoms with E-state index in [2.05, 4.69) is 14.9 Å². The molecule has 0 aliphatic heterocycles. The molecule has 2 aromatic heterocycles. The van der Waals surface area contributed by atoms with E-state index in [0.717, 1.165) is 43.0 Å². The van der Waals surface area contributed by atoms with Gasteiger partial charge in [0.2, 0.25) is 0 Å². The molecule has 0 amide bonds. The standard InChI is InChI=1S/C15H19F3N4S.ClH/c1-2-22(10-4-3-9(19)5-10)13-12-6-11(7-15(16,17)18)23-14(12)21-8-20-13;/h6,8-10H,2-5,7,19H2,1H3;1H. The molecule has 2 N–H and O–H groups in total. The van der Waals surface area contributed by atoms with Gasteiger partial charge in [0.1, 0.15) is 17.0 Å². The fourth-order valence-electron chi connectivity index (χ4n) is 3.26. The summed E-state index contributed by atoms with van der Waals surface area (Å²) in [5.41, 5.74) is 6.00. The summed E-state index contributed by atoms with van der Waals surface area (Å²) in [6.45, 7) is 2.77. The Morgan fingerprint density at radius 1 is 1.33 bits per heavy atom. The van der Waals surface area contributed by atoms with Gasteiger partial charge < -0.3 is 10.6 Å². The summed E-state index contributed by atoms with van der Waals surface area (Å²) < 4.78 is 37.9. The number of rotatable bonds is 4. The number of fused-ring (bicyclic) bond motifs is 1. The van der Waals surface area contributed by atoms with Crippen molar-refractivity contribution in [1.29, 1.82) is 0 Å². The van der Waals surface area contributed by atoms with Crippen molar-refractivity contribution < 1.29 is 13.2 Å². The van der Waals surface area contributed by atoms with Gasteiger partial charge in [0, 0.05) is 23.5 Å². The van der Waals surface area contributed by atoms with E-state index in [9.17, 15) is 13.2 Å². The van der Waals surface area contributed by atoms with Gasteiger partial charge in [0.05, 0.1) is 11.8 Å². The van der Waals surface area contributed by atoms with Gasteiger partial charge in [-0.05, 0) is 32.3 Å². The molecule has 2 aromatic rings. The van der Waals surface area contributed by atoms with E-state index in [1.165, 1.54) is 6.33 Å². The van der Waals surface area contributed by atoms with Crippen LogP contribution in [0.4, 0.5) is 19.0 Å². The summed E-state index contributed by atoms with van der Waals surface area (Å²) >= 11 is 1.09. The van der Waals surface area contributed by atoms with E-state index in [1.807, 2.05) is 6.92 Å². The predicted octanol–water partition coefficient (Wildman–Crippen LogP) is 3.92. The first-order chi connectivity index (χ1) is 10.9. The maximum absolute atomic E-state index is 12.6. The molecular formula is C15H20ClF3N4S. The molecule has 1 aliphatic carbocycles. The third-order valence-electron chi connectivity index (χ3n) is 4.23. The number of nitrogens with two attached hydrogens (primary N) is 1. The predicted molar refractivity (Wildman–Crippen MR) is 93.1 cm³/mol. The van der Waals surface area contributed by atoms with E-state index >= 15 is 0 Å². The van der Waals surface area contributed by atoms with Crippen molar-refractivity contribution >= 4 is 39.8 Å². The quantitative estimate of drug-likeness (QED) is 0.873. The lowest BCUT2D eigenvalue weighted by Crippen LogP contribution is -2.35. The number of halogens is 4. The third-order valence-corrected chi connectivity index (χ3v) is 5.28. The van der Waals surface area contributed by atoms with Crippen LogP contribution in [0.5, 0.6) is 0 Å². The first-order valence-corrected chi connectivity index (χ1v) is 8.51. The number of hydrogen-bond acceptors (Lipinski definition) is 5. The number of thiophene rings is 1. The summed E-state index contributed by atoms with van der Waals surface area (Å²) in [4.78, 5) is 11.5. The normalized spacial score (nSPS) is 21.0. The topological polar surface area (TPSA) is 55.0 Å². The Balaban J connectivity index is 0.00000208. The molecule has 2 unspecified atom stereocenters. The maximum Gasteiger partial charge on any atom is 0.393 e. The molecule has 24 heavy (non-hydrogen) atoms. The fraction of sp³-hybridized carbons (Fsp3) is 0.600. The van der Waals surface area contributed by atoms with Crippen LogP contribution in [-0.2, 0) is 6.42 Å². The molecule has 1 fully saturated rings. The fourth-order valence-corrected chi connectivity index (χ4v) is 4.28. The average molecular weight is 381 g/mol. The average Bonchev–Trinajstić information content (AvgIpc) is 3.04. The molecule has 0 radical (unpaired) electrons. The second kappa shape index (κ2) is 7.41. The van der Waals surface area contributed by atoms with Crippen molar-refractivity contribution in [3.05, 3.63) is 17.3 Å². The Morgan fingerprint density at radius 3 is 2.67 bits per heavy atom. The van der Waals surface area contributed by atoms with Crippen LogP contribution in [-0.4, -0.2) is 34.8 Å². The van der Waals surface area contributed by atoms with E-state index < -0.39 is 12.6 Å². The van der Waals surface area contributed by atoms with Crippen molar-refractivity contribution in [2.24, 2.45) is 5.73 Å². The van der Waals surface area contributed by atoms with E-state index in [4.69, 9.17) is 5.73 Å². The molecule has 1 saturated carbocycles. The number of hydrogen-bond donors (Lipinski definition) is 1. The van der Waals surface area contributed by atoms with Crippen LogP contribution in [0.1, 0.15) is 31.1 Å². The SMILES string of the molecule is CCN(c1ncnc2sc(CC(F)(F)F)cc12)C1CCC(N)C1.Cl. The zero-order valence-corrected chi connectivity index (χ0v) is 14.8. The van der Waals surface area contributed by atoms with Crippen molar-refractivity contribution in [2.45, 2.75) is 50.9 Å². The van der Waals surface area contributed by atoms with Crippen LogP contribution >= 0.6 is 23.7 Å². The van der Waals surface area contributed by atoms with Crippen LogP contribution in [0.25, 0.3) is 10.2 Å². The molecule has 0 bridgehead atoms. The summed E-state index contributed by atoms with van der Waals surface area (Å²) in [5.74, 6) is 0.723. The minimum Gasteiger partial charge on any atom is -0.353 e. The summed E-state index contributed by atoms with van der Waals surface area (Å²) in [6, 6.07) is 2.06. The lowest BCUT2D eigenvalue weighted by Gasteiger charge is -2.29. The van der Waals surface area contributed by atoms with Crippen molar-refractivity contribution in [3.8, 4) is 0 Å². The number of aromatic nitrogens is 2. The highest BCUT2D eigenvalue weighted by atomic mass is 35.5. The Hall–Kier alpha value is -1.12. The van der Waals surface area contributed by atoms with Gasteiger partial charge in [-0.3, -0.25) is 0 Å². The van der Waals surface area contributed by atoms with Crippen molar-refractivity contribution in [1.82, 2.24) is 9.97 Å². The first kappa shape index (κ1) is 19.2. The highest BCUT2D eigenvalue weighted by molar-refractivity contribution is 7.18. The van der Waals surface area contributed by atoms with Gasteiger partial charge in [-0.25, -0.2) is 9.97 Å². The Labute approximate surface area is 148 Å². The van der Waals surface area contributed by atoms with Gasteiger partial charge in [-0.15, -0.1) is 23.7 Å². The van der Waals surface area contributed by atoms with Gasteiger partial charge in [0.15, 0.2) is 0 Å². The monoisotopic (exact) mass is 380 g/mol.